The van der Waals surface area contributed by atoms with Gasteiger partial charge in [0.2, 0.25) is 0 Å². The molecule has 0 unspecified atom stereocenters. The van der Waals surface area contributed by atoms with Crippen LogP contribution in [0.3, 0.4) is 0 Å². The van der Waals surface area contributed by atoms with Crippen LogP contribution in [0.1, 0.15) is 26.3 Å². The first-order chi connectivity index (χ1) is 17.1. The Balaban J connectivity index is 1.80. The highest BCUT2D eigenvalue weighted by Gasteiger charge is 2.27. The molecule has 8 bridgehead atoms. The fourth-order valence-electron chi connectivity index (χ4n) is 4.69. The zero-order valence-corrected chi connectivity index (χ0v) is 22.1. The van der Waals surface area contributed by atoms with Crippen molar-refractivity contribution in [3.8, 4) is 0 Å². The molecule has 0 fully saturated rings. The van der Waals surface area contributed by atoms with Gasteiger partial charge in [-0.25, -0.2) is 15.0 Å². The van der Waals surface area contributed by atoms with Crippen LogP contribution in [0, 0.1) is 0 Å². The van der Waals surface area contributed by atoms with Gasteiger partial charge in [0.1, 0.15) is 34.9 Å². The average Bonchev–Trinajstić information content (AvgIpc) is 2.90. The van der Waals surface area contributed by atoms with E-state index in [4.69, 9.17) is 15.0 Å². The normalized spacial score (nSPS) is 13.8. The molecule has 7 nitrogen and oxygen atoms in total. The Morgan fingerprint density at radius 3 is 1.03 bits per heavy atom. The Labute approximate surface area is 213 Å². The molecule has 0 radical (unpaired) electrons. The van der Waals surface area contributed by atoms with E-state index >= 15 is 0 Å². The van der Waals surface area contributed by atoms with Gasteiger partial charge in [-0.1, -0.05) is 45.0 Å². The maximum Gasteiger partial charge on any atom is 0.136 e. The molecule has 1 aliphatic heterocycles. The van der Waals surface area contributed by atoms with Crippen LogP contribution in [0.2, 0.25) is 0 Å². The molecule has 4 aromatic rings. The minimum Gasteiger partial charge on any atom is -0.329 e. The molecule has 0 saturated carbocycles. The number of anilines is 8. The summed E-state index contributed by atoms with van der Waals surface area (Å²) in [6.45, 7) is 6.76. The highest BCUT2D eigenvalue weighted by molar-refractivity contribution is 5.77. The summed E-state index contributed by atoms with van der Waals surface area (Å²) in [5.41, 5.74) is 3.33. The van der Waals surface area contributed by atoms with Crippen LogP contribution in [-0.4, -0.2) is 43.1 Å². The maximum absolute atomic E-state index is 5.03. The highest BCUT2D eigenvalue weighted by atomic mass is 15.3. The van der Waals surface area contributed by atoms with Gasteiger partial charge in [0.15, 0.2) is 0 Å². The van der Waals surface area contributed by atoms with Crippen LogP contribution >= 0.6 is 0 Å². The van der Waals surface area contributed by atoms with Crippen molar-refractivity contribution in [1.29, 1.82) is 0 Å². The van der Waals surface area contributed by atoms with Crippen LogP contribution in [0.4, 0.5) is 46.3 Å². The number of pyridine rings is 3. The number of fused-ring (bicyclic) bond motifs is 8. The van der Waals surface area contributed by atoms with Gasteiger partial charge in [-0.05, 0) is 53.9 Å². The topological polar surface area (TPSA) is 51.6 Å². The summed E-state index contributed by atoms with van der Waals surface area (Å²) in [5.74, 6) is 5.00. The second-order valence-corrected chi connectivity index (χ2v) is 10.2. The summed E-state index contributed by atoms with van der Waals surface area (Å²) in [4.78, 5) is 23.3. The van der Waals surface area contributed by atoms with Crippen LogP contribution in [-0.2, 0) is 5.41 Å². The molecule has 7 heteroatoms. The molecule has 0 atom stereocenters. The summed E-state index contributed by atoms with van der Waals surface area (Å²) in [6, 6.07) is 24.7. The number of benzene rings is 1. The van der Waals surface area contributed by atoms with Gasteiger partial charge in [0, 0.05) is 45.1 Å². The predicted molar refractivity (Wildman–Crippen MR) is 150 cm³/mol. The van der Waals surface area contributed by atoms with E-state index < -0.39 is 0 Å². The fraction of sp³-hybridized carbons (Fsp3) is 0.276. The lowest BCUT2D eigenvalue weighted by Gasteiger charge is -2.34. The van der Waals surface area contributed by atoms with Crippen molar-refractivity contribution in [3.05, 3.63) is 78.4 Å². The van der Waals surface area contributed by atoms with E-state index in [1.165, 1.54) is 5.56 Å². The Hall–Kier alpha value is -4.13. The third-order valence-electron chi connectivity index (χ3n) is 6.71. The van der Waals surface area contributed by atoms with Gasteiger partial charge in [-0.15, -0.1) is 0 Å². The van der Waals surface area contributed by atoms with E-state index in [0.717, 1.165) is 46.3 Å². The first-order valence-electron chi connectivity index (χ1n) is 12.1. The van der Waals surface area contributed by atoms with Gasteiger partial charge in [-0.2, -0.15) is 0 Å². The molecule has 4 heterocycles. The van der Waals surface area contributed by atoms with E-state index in [1.807, 2.05) is 78.5 Å². The minimum atomic E-state index is -0.121. The van der Waals surface area contributed by atoms with Crippen molar-refractivity contribution in [2.45, 2.75) is 26.2 Å². The molecule has 1 aliphatic rings. The van der Waals surface area contributed by atoms with Crippen LogP contribution in [0.5, 0.6) is 0 Å². The zero-order valence-electron chi connectivity index (χ0n) is 22.1. The standard InChI is InChI=1S/C29H33N7/c1-29(2,3)28-20-12-8-13-21(28)34(5)23-15-10-17-25(31-23)36(7)27-19-11-18-26(32-27)35(6)24-16-9-14-22(30-24)33(20)4/h8-19H,1-7H3. The molecule has 1 aromatic carbocycles. The third-order valence-corrected chi connectivity index (χ3v) is 6.71. The van der Waals surface area contributed by atoms with Crippen molar-refractivity contribution in [3.63, 3.8) is 0 Å². The largest absolute Gasteiger partial charge is 0.329 e. The van der Waals surface area contributed by atoms with E-state index in [9.17, 15) is 0 Å². The first-order valence-corrected chi connectivity index (χ1v) is 12.1. The molecular formula is C29H33N7. The molecule has 5 rings (SSSR count). The SMILES string of the molecule is CN1c2cccc(n2)N(C)c2cccc(n2)N(C)c2cccc(c2C(C)(C)C)N(C)c2cccc1n2. The van der Waals surface area contributed by atoms with E-state index in [2.05, 4.69) is 62.9 Å². The van der Waals surface area contributed by atoms with Crippen molar-refractivity contribution in [2.75, 3.05) is 47.8 Å². The van der Waals surface area contributed by atoms with Crippen molar-refractivity contribution in [1.82, 2.24) is 15.0 Å². The monoisotopic (exact) mass is 479 g/mol. The molecular weight excluding hydrogens is 446 g/mol. The lowest BCUT2D eigenvalue weighted by Crippen LogP contribution is -2.25. The van der Waals surface area contributed by atoms with Crippen molar-refractivity contribution >= 4 is 46.3 Å². The molecule has 0 spiro atoms. The van der Waals surface area contributed by atoms with E-state index in [1.54, 1.807) is 0 Å². The minimum absolute atomic E-state index is 0.121. The zero-order chi connectivity index (χ0) is 25.6. The smallest absolute Gasteiger partial charge is 0.136 e. The molecule has 36 heavy (non-hydrogen) atoms. The van der Waals surface area contributed by atoms with Crippen LogP contribution < -0.4 is 19.6 Å². The number of aromatic nitrogens is 3. The van der Waals surface area contributed by atoms with Crippen molar-refractivity contribution in [2.24, 2.45) is 0 Å². The molecule has 0 saturated heterocycles. The number of nitrogens with zero attached hydrogens (tertiary/aromatic N) is 7. The fourth-order valence-corrected chi connectivity index (χ4v) is 4.69. The van der Waals surface area contributed by atoms with Gasteiger partial charge in [0.25, 0.3) is 0 Å². The Bertz CT molecular complexity index is 1320. The van der Waals surface area contributed by atoms with Gasteiger partial charge < -0.3 is 19.6 Å². The summed E-state index contributed by atoms with van der Waals surface area (Å²) in [7, 11) is 8.15. The summed E-state index contributed by atoms with van der Waals surface area (Å²) in [5, 5.41) is 0. The lowest BCUT2D eigenvalue weighted by atomic mass is 9.83. The Morgan fingerprint density at radius 1 is 0.444 bits per heavy atom. The van der Waals surface area contributed by atoms with Gasteiger partial charge >= 0.3 is 0 Å². The second-order valence-electron chi connectivity index (χ2n) is 10.2. The van der Waals surface area contributed by atoms with E-state index in [0.29, 0.717) is 0 Å². The average molecular weight is 480 g/mol. The first kappa shape index (κ1) is 23.6. The molecule has 0 N–H and O–H groups in total. The highest BCUT2D eigenvalue weighted by Crippen LogP contribution is 2.43. The van der Waals surface area contributed by atoms with Crippen LogP contribution in [0.25, 0.3) is 0 Å². The van der Waals surface area contributed by atoms with Crippen LogP contribution in [0.15, 0.2) is 72.8 Å². The van der Waals surface area contributed by atoms with Gasteiger partial charge in [-0.3, -0.25) is 0 Å². The van der Waals surface area contributed by atoms with E-state index in [-0.39, 0.29) is 5.41 Å². The molecule has 0 aliphatic carbocycles. The molecule has 184 valence electrons. The number of hydrogen-bond donors (Lipinski definition) is 0. The predicted octanol–water partition coefficient (Wildman–Crippen LogP) is 6.55. The molecule has 3 aromatic heterocycles. The summed E-state index contributed by atoms with van der Waals surface area (Å²) >= 11 is 0. The lowest BCUT2D eigenvalue weighted by molar-refractivity contribution is 0.590. The Kier molecular flexibility index (Phi) is 5.79. The molecule has 0 amide bonds. The number of rotatable bonds is 0. The summed E-state index contributed by atoms with van der Waals surface area (Å²) < 4.78 is 0. The summed E-state index contributed by atoms with van der Waals surface area (Å²) in [6.07, 6.45) is 0. The van der Waals surface area contributed by atoms with Gasteiger partial charge in [0.05, 0.1) is 0 Å². The maximum atomic E-state index is 5.03. The Morgan fingerprint density at radius 2 is 0.722 bits per heavy atom. The number of hydrogen-bond acceptors (Lipinski definition) is 7. The quantitative estimate of drug-likeness (QED) is 0.283. The second kappa shape index (κ2) is 8.82. The third kappa shape index (κ3) is 4.11. The van der Waals surface area contributed by atoms with Crippen molar-refractivity contribution < 1.29 is 0 Å².